The third-order valence-electron chi connectivity index (χ3n) is 1.14. The molecular weight excluding hydrogens is 168 g/mol. The molecule has 1 N–H and O–H groups in total. The van der Waals surface area contributed by atoms with Crippen LogP contribution in [0, 0.1) is 0 Å². The summed E-state index contributed by atoms with van der Waals surface area (Å²) in [6.07, 6.45) is -1.24. The summed E-state index contributed by atoms with van der Waals surface area (Å²) < 4.78 is 23.1. The van der Waals surface area contributed by atoms with Gasteiger partial charge in [-0.3, -0.25) is 0 Å². The molecular formula is C7H15F2NS. The maximum atomic E-state index is 11.5. The Morgan fingerprint density at radius 1 is 1.45 bits per heavy atom. The van der Waals surface area contributed by atoms with E-state index in [2.05, 4.69) is 12.2 Å². The number of hydrogen-bond acceptors (Lipinski definition) is 2. The Bertz CT molecular complexity index is 80.8. The van der Waals surface area contributed by atoms with Gasteiger partial charge in [0.15, 0.2) is 0 Å². The summed E-state index contributed by atoms with van der Waals surface area (Å²) in [6, 6.07) is 0. The Hall–Kier alpha value is 0.170. The molecule has 11 heavy (non-hydrogen) atoms. The number of halogens is 2. The number of rotatable bonds is 7. The summed E-state index contributed by atoms with van der Waals surface area (Å²) in [4.78, 5) is 0. The van der Waals surface area contributed by atoms with E-state index in [4.69, 9.17) is 0 Å². The van der Waals surface area contributed by atoms with Gasteiger partial charge >= 0.3 is 0 Å². The van der Waals surface area contributed by atoms with Gasteiger partial charge < -0.3 is 5.32 Å². The molecule has 0 amide bonds. The highest BCUT2D eigenvalue weighted by atomic mass is 32.2. The summed E-state index contributed by atoms with van der Waals surface area (Å²) >= 11 is 1.84. The van der Waals surface area contributed by atoms with Gasteiger partial charge in [0, 0.05) is 0 Å². The van der Waals surface area contributed by atoms with Crippen molar-refractivity contribution in [2.45, 2.75) is 19.8 Å². The van der Waals surface area contributed by atoms with Gasteiger partial charge in [0.1, 0.15) is 0 Å². The molecule has 0 fully saturated rings. The molecule has 4 heteroatoms. The highest BCUT2D eigenvalue weighted by molar-refractivity contribution is 7.99. The Morgan fingerprint density at radius 2 is 2.18 bits per heavy atom. The molecule has 0 aliphatic rings. The van der Waals surface area contributed by atoms with E-state index in [0.717, 1.165) is 17.9 Å². The lowest BCUT2D eigenvalue weighted by Crippen LogP contribution is -2.22. The second-order valence-electron chi connectivity index (χ2n) is 2.15. The van der Waals surface area contributed by atoms with Crippen LogP contribution in [0.15, 0.2) is 0 Å². The summed E-state index contributed by atoms with van der Waals surface area (Å²) in [7, 11) is 0. The van der Waals surface area contributed by atoms with Gasteiger partial charge in [0.2, 0.25) is 0 Å². The maximum Gasteiger partial charge on any atom is 0.250 e. The highest BCUT2D eigenvalue weighted by Gasteiger charge is 1.98. The van der Waals surface area contributed by atoms with Crippen LogP contribution in [0.25, 0.3) is 0 Å². The lowest BCUT2D eigenvalue weighted by atomic mass is 10.5. The molecule has 0 saturated heterocycles. The van der Waals surface area contributed by atoms with E-state index in [-0.39, 0.29) is 6.54 Å². The first kappa shape index (κ1) is 11.2. The highest BCUT2D eigenvalue weighted by Crippen LogP contribution is 1.99. The molecule has 0 atom stereocenters. The van der Waals surface area contributed by atoms with Gasteiger partial charge in [-0.15, -0.1) is 0 Å². The van der Waals surface area contributed by atoms with Crippen LogP contribution in [0.2, 0.25) is 0 Å². The fourth-order valence-corrected chi connectivity index (χ4v) is 1.29. The lowest BCUT2D eigenvalue weighted by molar-refractivity contribution is 0.146. The second-order valence-corrected chi connectivity index (χ2v) is 3.54. The van der Waals surface area contributed by atoms with Crippen molar-refractivity contribution in [1.82, 2.24) is 5.32 Å². The van der Waals surface area contributed by atoms with Crippen molar-refractivity contribution in [3.8, 4) is 0 Å². The standard InChI is InChI=1S/C7H15F2NS/c1-2-11-5-3-4-10-6-7(8)9/h7,10H,2-6H2,1H3. The van der Waals surface area contributed by atoms with Gasteiger partial charge in [-0.05, 0) is 24.5 Å². The SMILES string of the molecule is CCSCCCNCC(F)F. The largest absolute Gasteiger partial charge is 0.311 e. The molecule has 0 rings (SSSR count). The number of hydrogen-bond donors (Lipinski definition) is 1. The van der Waals surface area contributed by atoms with Crippen molar-refractivity contribution in [1.29, 1.82) is 0 Å². The van der Waals surface area contributed by atoms with Crippen LogP contribution in [-0.2, 0) is 0 Å². The van der Waals surface area contributed by atoms with Crippen molar-refractivity contribution >= 4 is 11.8 Å². The van der Waals surface area contributed by atoms with Gasteiger partial charge in [0.25, 0.3) is 6.43 Å². The summed E-state index contributed by atoms with van der Waals surface area (Å²) in [5, 5.41) is 2.68. The summed E-state index contributed by atoms with van der Waals surface area (Å²) in [5.74, 6) is 2.17. The van der Waals surface area contributed by atoms with Crippen molar-refractivity contribution in [3.63, 3.8) is 0 Å². The Morgan fingerprint density at radius 3 is 2.73 bits per heavy atom. The number of thioether (sulfide) groups is 1. The molecule has 0 aliphatic carbocycles. The molecule has 0 unspecified atom stereocenters. The van der Waals surface area contributed by atoms with Crippen molar-refractivity contribution in [3.05, 3.63) is 0 Å². The van der Waals surface area contributed by atoms with Gasteiger partial charge in [-0.1, -0.05) is 6.92 Å². The van der Waals surface area contributed by atoms with E-state index in [1.54, 1.807) is 0 Å². The molecule has 68 valence electrons. The minimum atomic E-state index is -2.21. The molecule has 0 spiro atoms. The van der Waals surface area contributed by atoms with Crippen molar-refractivity contribution in [2.75, 3.05) is 24.6 Å². The van der Waals surface area contributed by atoms with Gasteiger partial charge in [-0.25, -0.2) is 8.78 Å². The minimum absolute atomic E-state index is 0.170. The number of alkyl halides is 2. The lowest BCUT2D eigenvalue weighted by Gasteiger charge is -2.02. The first-order chi connectivity index (χ1) is 5.27. The van der Waals surface area contributed by atoms with Crippen LogP contribution in [0.4, 0.5) is 8.78 Å². The molecule has 0 aliphatic heterocycles. The van der Waals surface area contributed by atoms with Crippen LogP contribution in [0.5, 0.6) is 0 Å². The summed E-state index contributed by atoms with van der Waals surface area (Å²) in [5.41, 5.74) is 0. The number of nitrogens with one attached hydrogen (secondary N) is 1. The Labute approximate surface area is 70.9 Å². The Balaban J connectivity index is 2.80. The van der Waals surface area contributed by atoms with Crippen LogP contribution in [0.1, 0.15) is 13.3 Å². The molecule has 0 saturated carbocycles. The van der Waals surface area contributed by atoms with Crippen LogP contribution in [-0.4, -0.2) is 31.0 Å². The van der Waals surface area contributed by atoms with E-state index in [9.17, 15) is 8.78 Å². The Kier molecular flexibility index (Phi) is 8.40. The normalized spacial score (nSPS) is 10.9. The zero-order valence-corrected chi connectivity index (χ0v) is 7.59. The predicted molar refractivity (Wildman–Crippen MR) is 46.5 cm³/mol. The zero-order valence-electron chi connectivity index (χ0n) is 6.78. The first-order valence-corrected chi connectivity index (χ1v) is 4.99. The molecule has 0 aromatic carbocycles. The molecule has 0 radical (unpaired) electrons. The van der Waals surface area contributed by atoms with Crippen molar-refractivity contribution in [2.24, 2.45) is 0 Å². The maximum absolute atomic E-state index is 11.5. The topological polar surface area (TPSA) is 12.0 Å². The fourth-order valence-electron chi connectivity index (χ4n) is 0.655. The summed E-state index contributed by atoms with van der Waals surface area (Å²) in [6.45, 7) is 2.63. The smallest absolute Gasteiger partial charge is 0.250 e. The van der Waals surface area contributed by atoms with E-state index < -0.39 is 6.43 Å². The first-order valence-electron chi connectivity index (χ1n) is 3.84. The molecule has 0 aromatic heterocycles. The van der Waals surface area contributed by atoms with E-state index in [1.807, 2.05) is 11.8 Å². The van der Waals surface area contributed by atoms with E-state index in [0.29, 0.717) is 6.54 Å². The molecule has 0 heterocycles. The van der Waals surface area contributed by atoms with Gasteiger partial charge in [0.05, 0.1) is 6.54 Å². The second kappa shape index (κ2) is 8.27. The molecule has 0 aromatic rings. The predicted octanol–water partition coefficient (Wildman–Crippen LogP) is 1.98. The zero-order chi connectivity index (χ0) is 8.53. The van der Waals surface area contributed by atoms with Crippen LogP contribution < -0.4 is 5.32 Å². The average Bonchev–Trinajstić information content (AvgIpc) is 1.96. The third kappa shape index (κ3) is 10.2. The third-order valence-corrected chi connectivity index (χ3v) is 2.13. The fraction of sp³-hybridized carbons (Fsp3) is 1.00. The molecule has 1 nitrogen and oxygen atoms in total. The average molecular weight is 183 g/mol. The van der Waals surface area contributed by atoms with Crippen molar-refractivity contribution < 1.29 is 8.78 Å². The van der Waals surface area contributed by atoms with E-state index in [1.165, 1.54) is 0 Å². The van der Waals surface area contributed by atoms with E-state index >= 15 is 0 Å². The van der Waals surface area contributed by atoms with Crippen LogP contribution >= 0.6 is 11.8 Å². The van der Waals surface area contributed by atoms with Crippen LogP contribution in [0.3, 0.4) is 0 Å². The van der Waals surface area contributed by atoms with Gasteiger partial charge in [-0.2, -0.15) is 11.8 Å². The minimum Gasteiger partial charge on any atom is -0.311 e. The quantitative estimate of drug-likeness (QED) is 0.606. The monoisotopic (exact) mass is 183 g/mol. The molecule has 0 bridgehead atoms.